The first-order valence-electron chi connectivity index (χ1n) is 7.91. The summed E-state index contributed by atoms with van der Waals surface area (Å²) in [5.41, 5.74) is 6.70. The minimum absolute atomic E-state index is 0.168. The average Bonchev–Trinajstić information content (AvgIpc) is 2.49. The van der Waals surface area contributed by atoms with Crippen molar-refractivity contribution >= 4 is 11.6 Å². The van der Waals surface area contributed by atoms with Crippen molar-refractivity contribution < 1.29 is 4.79 Å². The number of rotatable bonds is 5. The quantitative estimate of drug-likeness (QED) is 0.903. The molecule has 2 N–H and O–H groups in total. The number of amides is 1. The Hall–Kier alpha value is -1.39. The number of likely N-dealkylation sites (tertiary alicyclic amines) is 1. The van der Waals surface area contributed by atoms with E-state index < -0.39 is 0 Å². The summed E-state index contributed by atoms with van der Waals surface area (Å²) in [7, 11) is 0. The van der Waals surface area contributed by atoms with Crippen molar-refractivity contribution in [1.82, 2.24) is 4.90 Å². The topological polar surface area (TPSA) is 49.6 Å². The summed E-state index contributed by atoms with van der Waals surface area (Å²) in [5.74, 6) is 0.814. The molecule has 0 aliphatic carbocycles. The SMILES string of the molecule is CC(C)N(C(=O)CN1CCC(CN)CC1)c1ccccc1. The van der Waals surface area contributed by atoms with Crippen molar-refractivity contribution in [1.29, 1.82) is 0 Å². The van der Waals surface area contributed by atoms with Crippen LogP contribution in [0.1, 0.15) is 26.7 Å². The molecule has 4 heteroatoms. The normalized spacial score (nSPS) is 17.1. The number of carbonyl (C=O) groups excluding carboxylic acids is 1. The average molecular weight is 289 g/mol. The summed E-state index contributed by atoms with van der Waals surface area (Å²) in [6.45, 7) is 7.36. The minimum atomic E-state index is 0.168. The Morgan fingerprint density at radius 2 is 1.90 bits per heavy atom. The molecule has 1 fully saturated rings. The highest BCUT2D eigenvalue weighted by atomic mass is 16.2. The molecule has 1 aliphatic heterocycles. The maximum atomic E-state index is 12.7. The lowest BCUT2D eigenvalue weighted by molar-refractivity contribution is -0.120. The number of benzene rings is 1. The standard InChI is InChI=1S/C17H27N3O/c1-14(2)20(16-6-4-3-5-7-16)17(21)13-19-10-8-15(12-18)9-11-19/h3-7,14-15H,8-13,18H2,1-2H3. The summed E-state index contributed by atoms with van der Waals surface area (Å²) in [6.07, 6.45) is 2.22. The number of hydrogen-bond donors (Lipinski definition) is 1. The highest BCUT2D eigenvalue weighted by Gasteiger charge is 2.24. The first-order chi connectivity index (χ1) is 10.1. The molecule has 1 aromatic rings. The van der Waals surface area contributed by atoms with Gasteiger partial charge in [-0.1, -0.05) is 18.2 Å². The van der Waals surface area contributed by atoms with Gasteiger partial charge in [-0.05, 0) is 64.4 Å². The van der Waals surface area contributed by atoms with Crippen LogP contribution in [0.2, 0.25) is 0 Å². The molecule has 0 radical (unpaired) electrons. The van der Waals surface area contributed by atoms with Gasteiger partial charge in [0.1, 0.15) is 0 Å². The van der Waals surface area contributed by atoms with E-state index in [0.717, 1.165) is 38.2 Å². The zero-order chi connectivity index (χ0) is 15.2. The van der Waals surface area contributed by atoms with Crippen molar-refractivity contribution in [3.63, 3.8) is 0 Å². The molecule has 21 heavy (non-hydrogen) atoms. The Balaban J connectivity index is 1.97. The zero-order valence-corrected chi connectivity index (χ0v) is 13.2. The van der Waals surface area contributed by atoms with E-state index in [2.05, 4.69) is 18.7 Å². The van der Waals surface area contributed by atoms with Gasteiger partial charge in [0.15, 0.2) is 0 Å². The van der Waals surface area contributed by atoms with Crippen molar-refractivity contribution in [2.45, 2.75) is 32.7 Å². The Morgan fingerprint density at radius 3 is 2.43 bits per heavy atom. The molecular formula is C17H27N3O. The second kappa shape index (κ2) is 7.57. The summed E-state index contributed by atoms with van der Waals surface area (Å²) >= 11 is 0. The summed E-state index contributed by atoms with van der Waals surface area (Å²) in [4.78, 5) is 16.8. The fraction of sp³-hybridized carbons (Fsp3) is 0.588. The smallest absolute Gasteiger partial charge is 0.241 e. The lowest BCUT2D eigenvalue weighted by atomic mass is 9.97. The predicted molar refractivity (Wildman–Crippen MR) is 87.3 cm³/mol. The van der Waals surface area contributed by atoms with E-state index in [1.807, 2.05) is 35.2 Å². The van der Waals surface area contributed by atoms with Crippen LogP contribution in [0, 0.1) is 5.92 Å². The van der Waals surface area contributed by atoms with E-state index in [4.69, 9.17) is 5.73 Å². The molecule has 0 saturated carbocycles. The molecular weight excluding hydrogens is 262 g/mol. The van der Waals surface area contributed by atoms with Crippen molar-refractivity contribution in [2.75, 3.05) is 31.1 Å². The Labute approximate surface area is 127 Å². The van der Waals surface area contributed by atoms with Crippen LogP contribution in [0.15, 0.2) is 30.3 Å². The lowest BCUT2D eigenvalue weighted by Crippen LogP contribution is -2.46. The second-order valence-electron chi connectivity index (χ2n) is 6.15. The van der Waals surface area contributed by atoms with Gasteiger partial charge in [0.2, 0.25) is 5.91 Å². The van der Waals surface area contributed by atoms with Gasteiger partial charge >= 0.3 is 0 Å². The van der Waals surface area contributed by atoms with Crippen LogP contribution in [0.5, 0.6) is 0 Å². The largest absolute Gasteiger partial charge is 0.330 e. The van der Waals surface area contributed by atoms with Gasteiger partial charge < -0.3 is 10.6 Å². The molecule has 0 atom stereocenters. The number of nitrogens with two attached hydrogens (primary N) is 1. The minimum Gasteiger partial charge on any atom is -0.330 e. The molecule has 0 aromatic heterocycles. The number of para-hydroxylation sites is 1. The fourth-order valence-corrected chi connectivity index (χ4v) is 2.97. The third kappa shape index (κ3) is 4.29. The van der Waals surface area contributed by atoms with Crippen molar-refractivity contribution in [3.8, 4) is 0 Å². The molecule has 1 heterocycles. The van der Waals surface area contributed by atoms with Gasteiger partial charge in [-0.15, -0.1) is 0 Å². The molecule has 1 aliphatic rings. The van der Waals surface area contributed by atoms with E-state index in [1.54, 1.807) is 0 Å². The van der Waals surface area contributed by atoms with Gasteiger partial charge in [-0.2, -0.15) is 0 Å². The van der Waals surface area contributed by atoms with Crippen LogP contribution in [-0.4, -0.2) is 43.0 Å². The molecule has 2 rings (SSSR count). The zero-order valence-electron chi connectivity index (χ0n) is 13.2. The molecule has 1 saturated heterocycles. The molecule has 0 unspecified atom stereocenters. The van der Waals surface area contributed by atoms with Crippen LogP contribution in [0.3, 0.4) is 0 Å². The van der Waals surface area contributed by atoms with Gasteiger partial charge in [0, 0.05) is 11.7 Å². The van der Waals surface area contributed by atoms with Crippen LogP contribution >= 0.6 is 0 Å². The number of anilines is 1. The third-order valence-corrected chi connectivity index (χ3v) is 4.22. The number of carbonyl (C=O) groups is 1. The molecule has 0 bridgehead atoms. The number of hydrogen-bond acceptors (Lipinski definition) is 3. The Kier molecular flexibility index (Phi) is 5.76. The van der Waals surface area contributed by atoms with Crippen LogP contribution < -0.4 is 10.6 Å². The molecule has 1 amide bonds. The van der Waals surface area contributed by atoms with Crippen LogP contribution in [0.4, 0.5) is 5.69 Å². The summed E-state index contributed by atoms with van der Waals surface area (Å²) in [5, 5.41) is 0. The van der Waals surface area contributed by atoms with E-state index in [9.17, 15) is 4.79 Å². The Morgan fingerprint density at radius 1 is 1.29 bits per heavy atom. The fourth-order valence-electron chi connectivity index (χ4n) is 2.97. The highest BCUT2D eigenvalue weighted by molar-refractivity contribution is 5.95. The first-order valence-corrected chi connectivity index (χ1v) is 7.91. The maximum Gasteiger partial charge on any atom is 0.241 e. The van der Waals surface area contributed by atoms with E-state index in [1.165, 1.54) is 0 Å². The molecule has 0 spiro atoms. The van der Waals surface area contributed by atoms with Crippen LogP contribution in [0.25, 0.3) is 0 Å². The Bertz CT molecular complexity index is 439. The molecule has 1 aromatic carbocycles. The number of piperidine rings is 1. The van der Waals surface area contributed by atoms with Crippen molar-refractivity contribution in [3.05, 3.63) is 30.3 Å². The molecule has 4 nitrogen and oxygen atoms in total. The second-order valence-corrected chi connectivity index (χ2v) is 6.15. The first kappa shape index (κ1) is 16.0. The highest BCUT2D eigenvalue weighted by Crippen LogP contribution is 2.19. The maximum absolute atomic E-state index is 12.7. The molecule has 116 valence electrons. The van der Waals surface area contributed by atoms with Gasteiger partial charge in [-0.25, -0.2) is 0 Å². The third-order valence-electron chi connectivity index (χ3n) is 4.22. The van der Waals surface area contributed by atoms with Crippen LogP contribution in [-0.2, 0) is 4.79 Å². The van der Waals surface area contributed by atoms with E-state index >= 15 is 0 Å². The number of nitrogens with zero attached hydrogens (tertiary/aromatic N) is 2. The van der Waals surface area contributed by atoms with Crippen molar-refractivity contribution in [2.24, 2.45) is 11.7 Å². The predicted octanol–water partition coefficient (Wildman–Crippen LogP) is 2.10. The van der Waals surface area contributed by atoms with Gasteiger partial charge in [0.25, 0.3) is 0 Å². The summed E-state index contributed by atoms with van der Waals surface area (Å²) < 4.78 is 0. The lowest BCUT2D eigenvalue weighted by Gasteiger charge is -2.34. The van der Waals surface area contributed by atoms with Gasteiger partial charge in [-0.3, -0.25) is 9.69 Å². The monoisotopic (exact) mass is 289 g/mol. The summed E-state index contributed by atoms with van der Waals surface area (Å²) in [6, 6.07) is 10.1. The van der Waals surface area contributed by atoms with E-state index in [0.29, 0.717) is 12.5 Å². The van der Waals surface area contributed by atoms with E-state index in [-0.39, 0.29) is 11.9 Å². The van der Waals surface area contributed by atoms with Gasteiger partial charge in [0.05, 0.1) is 6.54 Å².